The van der Waals surface area contributed by atoms with Crippen LogP contribution in [0.4, 0.5) is 0 Å². The molecule has 0 radical (unpaired) electrons. The first-order valence-corrected chi connectivity index (χ1v) is 7.60. The summed E-state index contributed by atoms with van der Waals surface area (Å²) in [5, 5.41) is 4.50. The zero-order chi connectivity index (χ0) is 13.6. The number of para-hydroxylation sites is 1. The Morgan fingerprint density at radius 2 is 2.10 bits per heavy atom. The minimum Gasteiger partial charge on any atom is -0.361 e. The van der Waals surface area contributed by atoms with Gasteiger partial charge in [-0.1, -0.05) is 18.2 Å². The van der Waals surface area contributed by atoms with Crippen molar-refractivity contribution in [3.05, 3.63) is 36.0 Å². The number of fused-ring (bicyclic) bond motifs is 3. The number of hydrogen-bond donors (Lipinski definition) is 2. The SMILES string of the molecule is O=C(Cc1c[nH]c2ccccc12)NC12CCC(CC1)C2. The lowest BCUT2D eigenvalue weighted by Crippen LogP contribution is -2.45. The molecule has 0 saturated heterocycles. The molecule has 2 N–H and O–H groups in total. The number of H-pyrrole nitrogens is 1. The van der Waals surface area contributed by atoms with Gasteiger partial charge in [-0.25, -0.2) is 0 Å². The van der Waals surface area contributed by atoms with E-state index in [0.29, 0.717) is 6.42 Å². The van der Waals surface area contributed by atoms with Crippen LogP contribution in [0.15, 0.2) is 30.5 Å². The Labute approximate surface area is 118 Å². The number of carbonyl (C=O) groups is 1. The highest BCUT2D eigenvalue weighted by Gasteiger charge is 2.45. The highest BCUT2D eigenvalue weighted by Crippen LogP contribution is 2.47. The van der Waals surface area contributed by atoms with Gasteiger partial charge in [-0.2, -0.15) is 0 Å². The largest absolute Gasteiger partial charge is 0.361 e. The van der Waals surface area contributed by atoms with Crippen LogP contribution in [-0.2, 0) is 11.2 Å². The smallest absolute Gasteiger partial charge is 0.224 e. The molecule has 2 fully saturated rings. The minimum atomic E-state index is 0.133. The van der Waals surface area contributed by atoms with Crippen LogP contribution in [0.5, 0.6) is 0 Å². The van der Waals surface area contributed by atoms with Crippen molar-refractivity contribution in [1.29, 1.82) is 0 Å². The molecule has 1 amide bonds. The third-order valence-electron chi connectivity index (χ3n) is 5.17. The van der Waals surface area contributed by atoms with E-state index in [1.807, 2.05) is 24.4 Å². The quantitative estimate of drug-likeness (QED) is 0.882. The van der Waals surface area contributed by atoms with E-state index in [4.69, 9.17) is 0 Å². The van der Waals surface area contributed by atoms with Gasteiger partial charge in [0.05, 0.1) is 6.42 Å². The van der Waals surface area contributed by atoms with Gasteiger partial charge in [-0.05, 0) is 49.7 Å². The first-order chi connectivity index (χ1) is 9.74. The second kappa shape index (κ2) is 4.37. The normalized spacial score (nSPS) is 28.1. The van der Waals surface area contributed by atoms with Gasteiger partial charge in [0.1, 0.15) is 0 Å². The van der Waals surface area contributed by atoms with E-state index in [2.05, 4.69) is 16.4 Å². The van der Waals surface area contributed by atoms with Gasteiger partial charge in [0.15, 0.2) is 0 Å². The van der Waals surface area contributed by atoms with Gasteiger partial charge < -0.3 is 10.3 Å². The molecule has 0 atom stereocenters. The number of hydrogen-bond acceptors (Lipinski definition) is 1. The molecule has 0 spiro atoms. The van der Waals surface area contributed by atoms with Gasteiger partial charge in [-0.15, -0.1) is 0 Å². The maximum Gasteiger partial charge on any atom is 0.224 e. The van der Waals surface area contributed by atoms with E-state index in [1.165, 1.54) is 32.1 Å². The molecular formula is C17H20N2O. The van der Waals surface area contributed by atoms with Crippen molar-refractivity contribution in [2.24, 2.45) is 5.92 Å². The topological polar surface area (TPSA) is 44.9 Å². The fourth-order valence-electron chi connectivity index (χ4n) is 4.16. The number of amides is 1. The molecule has 0 unspecified atom stereocenters. The molecule has 3 nitrogen and oxygen atoms in total. The number of nitrogens with one attached hydrogen (secondary N) is 2. The molecule has 2 saturated carbocycles. The lowest BCUT2D eigenvalue weighted by atomic mass is 9.93. The van der Waals surface area contributed by atoms with E-state index in [-0.39, 0.29) is 11.4 Å². The molecule has 1 aromatic heterocycles. The Balaban J connectivity index is 1.50. The molecule has 3 heteroatoms. The van der Waals surface area contributed by atoms with Crippen LogP contribution in [0.1, 0.15) is 37.7 Å². The van der Waals surface area contributed by atoms with Crippen LogP contribution in [0.25, 0.3) is 10.9 Å². The van der Waals surface area contributed by atoms with Crippen LogP contribution >= 0.6 is 0 Å². The highest BCUT2D eigenvalue weighted by atomic mass is 16.1. The number of benzene rings is 1. The summed E-state index contributed by atoms with van der Waals surface area (Å²) in [4.78, 5) is 15.6. The second-order valence-electron chi connectivity index (χ2n) is 6.51. The standard InChI is InChI=1S/C17H20N2O/c20-16(19-17-7-5-12(10-17)6-8-17)9-13-11-18-15-4-2-1-3-14(13)15/h1-4,11-12,18H,5-10H2,(H,19,20). The van der Waals surface area contributed by atoms with Crippen molar-refractivity contribution in [1.82, 2.24) is 10.3 Å². The molecule has 2 aliphatic rings. The summed E-state index contributed by atoms with van der Waals surface area (Å²) in [6.45, 7) is 0. The van der Waals surface area contributed by atoms with Crippen LogP contribution in [-0.4, -0.2) is 16.4 Å². The van der Waals surface area contributed by atoms with Crippen molar-refractivity contribution < 1.29 is 4.79 Å². The summed E-state index contributed by atoms with van der Waals surface area (Å²) in [7, 11) is 0. The van der Waals surface area contributed by atoms with E-state index in [9.17, 15) is 4.79 Å². The van der Waals surface area contributed by atoms with Crippen molar-refractivity contribution in [3.63, 3.8) is 0 Å². The summed E-state index contributed by atoms with van der Waals surface area (Å²) in [6, 6.07) is 8.16. The lowest BCUT2D eigenvalue weighted by molar-refractivity contribution is -0.122. The molecule has 4 rings (SSSR count). The lowest BCUT2D eigenvalue weighted by Gasteiger charge is -2.28. The summed E-state index contributed by atoms with van der Waals surface area (Å²) < 4.78 is 0. The van der Waals surface area contributed by atoms with Gasteiger partial charge in [-0.3, -0.25) is 4.79 Å². The monoisotopic (exact) mass is 268 g/mol. The Morgan fingerprint density at radius 3 is 2.85 bits per heavy atom. The van der Waals surface area contributed by atoms with Crippen LogP contribution in [0, 0.1) is 5.92 Å². The summed E-state index contributed by atoms with van der Waals surface area (Å²) in [5.74, 6) is 1.04. The molecule has 1 heterocycles. The zero-order valence-corrected chi connectivity index (χ0v) is 11.6. The van der Waals surface area contributed by atoms with Crippen LogP contribution in [0.2, 0.25) is 0 Å². The third kappa shape index (κ3) is 1.92. The number of aromatic nitrogens is 1. The van der Waals surface area contributed by atoms with Crippen LogP contribution < -0.4 is 5.32 Å². The second-order valence-corrected chi connectivity index (χ2v) is 6.51. The molecule has 2 aliphatic carbocycles. The Bertz CT molecular complexity index is 650. The number of aromatic amines is 1. The maximum absolute atomic E-state index is 12.4. The van der Waals surface area contributed by atoms with Crippen molar-refractivity contribution in [2.45, 2.75) is 44.1 Å². The van der Waals surface area contributed by atoms with Gasteiger partial charge in [0.25, 0.3) is 0 Å². The van der Waals surface area contributed by atoms with Crippen molar-refractivity contribution >= 4 is 16.8 Å². The van der Waals surface area contributed by atoms with Gasteiger partial charge in [0, 0.05) is 22.6 Å². The molecule has 0 aliphatic heterocycles. The Morgan fingerprint density at radius 1 is 1.30 bits per heavy atom. The fraction of sp³-hybridized carbons (Fsp3) is 0.471. The summed E-state index contributed by atoms with van der Waals surface area (Å²) in [5.41, 5.74) is 2.34. The Hall–Kier alpha value is -1.77. The predicted molar refractivity (Wildman–Crippen MR) is 79.5 cm³/mol. The molecule has 2 aromatic rings. The van der Waals surface area contributed by atoms with Crippen molar-refractivity contribution in [2.75, 3.05) is 0 Å². The van der Waals surface area contributed by atoms with Crippen molar-refractivity contribution in [3.8, 4) is 0 Å². The molecule has 1 aromatic carbocycles. The average Bonchev–Trinajstić information content (AvgIpc) is 3.13. The minimum absolute atomic E-state index is 0.133. The van der Waals surface area contributed by atoms with Gasteiger partial charge in [0.2, 0.25) is 5.91 Å². The van der Waals surface area contributed by atoms with Gasteiger partial charge >= 0.3 is 0 Å². The molecule has 104 valence electrons. The number of carbonyl (C=O) groups excluding carboxylic acids is 1. The maximum atomic E-state index is 12.4. The zero-order valence-electron chi connectivity index (χ0n) is 11.6. The van der Waals surface area contributed by atoms with E-state index in [1.54, 1.807) is 0 Å². The average molecular weight is 268 g/mol. The first kappa shape index (κ1) is 12.0. The first-order valence-electron chi connectivity index (χ1n) is 7.60. The van der Waals surface area contributed by atoms with E-state index < -0.39 is 0 Å². The Kier molecular flexibility index (Phi) is 2.62. The van der Waals surface area contributed by atoms with Crippen LogP contribution in [0.3, 0.4) is 0 Å². The summed E-state index contributed by atoms with van der Waals surface area (Å²) in [6.07, 6.45) is 8.60. The van der Waals surface area contributed by atoms with E-state index in [0.717, 1.165) is 22.4 Å². The third-order valence-corrected chi connectivity index (χ3v) is 5.17. The van der Waals surface area contributed by atoms with E-state index >= 15 is 0 Å². The predicted octanol–water partition coefficient (Wildman–Crippen LogP) is 3.16. The summed E-state index contributed by atoms with van der Waals surface area (Å²) >= 11 is 0. The molecular weight excluding hydrogens is 248 g/mol. The number of rotatable bonds is 3. The molecule has 2 bridgehead atoms. The molecule has 20 heavy (non-hydrogen) atoms. The highest BCUT2D eigenvalue weighted by molar-refractivity contribution is 5.89. The fourth-order valence-corrected chi connectivity index (χ4v) is 4.16.